The normalized spacial score (nSPS) is 22.8. The maximum absolute atomic E-state index is 12.0. The number of hydrogen-bond donors (Lipinski definition) is 1. The van der Waals surface area contributed by atoms with Crippen LogP contribution in [0.4, 0.5) is 0 Å². The third-order valence-corrected chi connectivity index (χ3v) is 4.83. The summed E-state index contributed by atoms with van der Waals surface area (Å²) in [6, 6.07) is 7.03. The summed E-state index contributed by atoms with van der Waals surface area (Å²) in [6.45, 7) is 3.85. The van der Waals surface area contributed by atoms with E-state index in [-0.39, 0.29) is 25.2 Å². The van der Waals surface area contributed by atoms with Crippen LogP contribution in [0.25, 0.3) is 0 Å². The van der Waals surface area contributed by atoms with Crippen molar-refractivity contribution < 1.29 is 23.8 Å². The van der Waals surface area contributed by atoms with Gasteiger partial charge in [0.25, 0.3) is 5.91 Å². The smallest absolute Gasteiger partial charge is 0.344 e. The first-order valence-corrected chi connectivity index (χ1v) is 8.71. The molecule has 0 unspecified atom stereocenters. The van der Waals surface area contributed by atoms with E-state index in [1.54, 1.807) is 31.4 Å². The van der Waals surface area contributed by atoms with E-state index in [1.807, 2.05) is 0 Å². The summed E-state index contributed by atoms with van der Waals surface area (Å²) in [7, 11) is 1.58. The monoisotopic (exact) mass is 349 g/mol. The zero-order chi connectivity index (χ0) is 18.2. The van der Waals surface area contributed by atoms with E-state index in [2.05, 4.69) is 19.2 Å². The number of carbonyl (C=O) groups is 2. The molecule has 1 N–H and O–H groups in total. The number of nitrogens with one attached hydrogen (secondary N) is 1. The van der Waals surface area contributed by atoms with Gasteiger partial charge < -0.3 is 19.5 Å². The standard InChI is InChI=1S/C19H27NO5/c1-13-5-4-6-17(14(13)2)20-18(21)11-25-19(22)12-24-16-9-7-15(23-3)8-10-16/h7-10,13-14,17H,4-6,11-12H2,1-3H3,(H,20,21)/t13-,14+,17-/m0/s1. The summed E-state index contributed by atoms with van der Waals surface area (Å²) < 4.78 is 15.3. The topological polar surface area (TPSA) is 73.9 Å². The molecule has 0 aliphatic heterocycles. The maximum atomic E-state index is 12.0. The van der Waals surface area contributed by atoms with Crippen LogP contribution in [0.1, 0.15) is 33.1 Å². The van der Waals surface area contributed by atoms with Gasteiger partial charge in [0.2, 0.25) is 0 Å². The van der Waals surface area contributed by atoms with Crippen LogP contribution in [0.2, 0.25) is 0 Å². The summed E-state index contributed by atoms with van der Waals surface area (Å²) in [6.07, 6.45) is 3.29. The molecule has 2 rings (SSSR count). The van der Waals surface area contributed by atoms with Gasteiger partial charge in [-0.3, -0.25) is 4.79 Å². The van der Waals surface area contributed by atoms with Crippen LogP contribution in [0.15, 0.2) is 24.3 Å². The van der Waals surface area contributed by atoms with Gasteiger partial charge in [-0.25, -0.2) is 4.79 Å². The third kappa shape index (κ3) is 5.96. The van der Waals surface area contributed by atoms with Crippen LogP contribution in [-0.4, -0.2) is 38.2 Å². The lowest BCUT2D eigenvalue weighted by molar-refractivity contribution is -0.150. The molecule has 6 heteroatoms. The lowest BCUT2D eigenvalue weighted by Crippen LogP contribution is -2.45. The van der Waals surface area contributed by atoms with Crippen molar-refractivity contribution in [3.63, 3.8) is 0 Å². The Morgan fingerprint density at radius 2 is 1.76 bits per heavy atom. The quantitative estimate of drug-likeness (QED) is 0.766. The van der Waals surface area contributed by atoms with Crippen LogP contribution in [0, 0.1) is 11.8 Å². The van der Waals surface area contributed by atoms with Gasteiger partial charge >= 0.3 is 5.97 Å². The third-order valence-electron chi connectivity index (χ3n) is 4.83. The highest BCUT2D eigenvalue weighted by Crippen LogP contribution is 2.29. The highest BCUT2D eigenvalue weighted by molar-refractivity contribution is 5.81. The zero-order valence-corrected chi connectivity index (χ0v) is 15.1. The Bertz CT molecular complexity index is 572. The van der Waals surface area contributed by atoms with Gasteiger partial charge in [0, 0.05) is 6.04 Å². The first-order valence-electron chi connectivity index (χ1n) is 8.71. The summed E-state index contributed by atoms with van der Waals surface area (Å²) in [4.78, 5) is 23.7. The molecule has 25 heavy (non-hydrogen) atoms. The minimum atomic E-state index is -0.573. The molecule has 1 aliphatic carbocycles. The molecular formula is C19H27NO5. The van der Waals surface area contributed by atoms with E-state index in [9.17, 15) is 9.59 Å². The highest BCUT2D eigenvalue weighted by atomic mass is 16.6. The SMILES string of the molecule is COc1ccc(OCC(=O)OCC(=O)N[C@H]2CCC[C@H](C)[C@H]2C)cc1. The number of ether oxygens (including phenoxy) is 3. The minimum Gasteiger partial charge on any atom is -0.497 e. The lowest BCUT2D eigenvalue weighted by atomic mass is 9.78. The fourth-order valence-corrected chi connectivity index (χ4v) is 3.04. The highest BCUT2D eigenvalue weighted by Gasteiger charge is 2.28. The molecule has 0 radical (unpaired) electrons. The van der Waals surface area contributed by atoms with Crippen molar-refractivity contribution in [2.45, 2.75) is 39.2 Å². The molecule has 1 saturated carbocycles. The molecule has 1 fully saturated rings. The minimum absolute atomic E-state index is 0.158. The van der Waals surface area contributed by atoms with Gasteiger partial charge in [0.1, 0.15) is 11.5 Å². The number of esters is 1. The van der Waals surface area contributed by atoms with E-state index in [4.69, 9.17) is 14.2 Å². The molecule has 3 atom stereocenters. The van der Waals surface area contributed by atoms with Gasteiger partial charge in [-0.2, -0.15) is 0 Å². The fraction of sp³-hybridized carbons (Fsp3) is 0.579. The van der Waals surface area contributed by atoms with Gasteiger partial charge in [0.05, 0.1) is 7.11 Å². The van der Waals surface area contributed by atoms with Crippen LogP contribution < -0.4 is 14.8 Å². The van der Waals surface area contributed by atoms with E-state index in [1.165, 1.54) is 6.42 Å². The first kappa shape index (κ1) is 19.1. The first-order chi connectivity index (χ1) is 12.0. The van der Waals surface area contributed by atoms with E-state index in [0.29, 0.717) is 23.3 Å². The van der Waals surface area contributed by atoms with Crippen molar-refractivity contribution >= 4 is 11.9 Å². The maximum Gasteiger partial charge on any atom is 0.344 e. The summed E-state index contributed by atoms with van der Waals surface area (Å²) in [5.74, 6) is 1.44. The van der Waals surface area contributed by atoms with Gasteiger partial charge in [-0.15, -0.1) is 0 Å². The number of rotatable bonds is 7. The van der Waals surface area contributed by atoms with Crippen molar-refractivity contribution in [3.05, 3.63) is 24.3 Å². The summed E-state index contributed by atoms with van der Waals surface area (Å²) >= 11 is 0. The Morgan fingerprint density at radius 1 is 1.08 bits per heavy atom. The number of amides is 1. The van der Waals surface area contributed by atoms with Crippen molar-refractivity contribution in [2.24, 2.45) is 11.8 Å². The molecule has 0 saturated heterocycles. The van der Waals surface area contributed by atoms with E-state index < -0.39 is 5.97 Å². The van der Waals surface area contributed by atoms with E-state index in [0.717, 1.165) is 12.8 Å². The van der Waals surface area contributed by atoms with Crippen LogP contribution in [0.5, 0.6) is 11.5 Å². The summed E-state index contributed by atoms with van der Waals surface area (Å²) in [5.41, 5.74) is 0. The summed E-state index contributed by atoms with van der Waals surface area (Å²) in [5, 5.41) is 2.97. The second-order valence-corrected chi connectivity index (χ2v) is 6.57. The Hall–Kier alpha value is -2.24. The largest absolute Gasteiger partial charge is 0.497 e. The van der Waals surface area contributed by atoms with Crippen molar-refractivity contribution in [1.82, 2.24) is 5.32 Å². The fourth-order valence-electron chi connectivity index (χ4n) is 3.04. The second-order valence-electron chi connectivity index (χ2n) is 6.57. The molecule has 6 nitrogen and oxygen atoms in total. The van der Waals surface area contributed by atoms with Gasteiger partial charge in [0.15, 0.2) is 13.2 Å². The average molecular weight is 349 g/mol. The average Bonchev–Trinajstić information content (AvgIpc) is 2.62. The predicted molar refractivity (Wildman–Crippen MR) is 93.6 cm³/mol. The van der Waals surface area contributed by atoms with Gasteiger partial charge in [-0.05, 0) is 42.5 Å². The zero-order valence-electron chi connectivity index (χ0n) is 15.1. The molecule has 1 aliphatic rings. The van der Waals surface area contributed by atoms with Crippen molar-refractivity contribution in [3.8, 4) is 11.5 Å². The molecule has 138 valence electrons. The molecule has 0 bridgehead atoms. The Labute approximate surface area is 148 Å². The van der Waals surface area contributed by atoms with E-state index >= 15 is 0 Å². The lowest BCUT2D eigenvalue weighted by Gasteiger charge is -2.34. The van der Waals surface area contributed by atoms with Crippen molar-refractivity contribution in [1.29, 1.82) is 0 Å². The second kappa shape index (κ2) is 9.30. The molecule has 0 heterocycles. The predicted octanol–water partition coefficient (Wildman–Crippen LogP) is 2.56. The molecular weight excluding hydrogens is 322 g/mol. The van der Waals surface area contributed by atoms with Crippen molar-refractivity contribution in [2.75, 3.05) is 20.3 Å². The molecule has 0 aromatic heterocycles. The number of hydrogen-bond acceptors (Lipinski definition) is 5. The van der Waals surface area contributed by atoms with Crippen LogP contribution in [-0.2, 0) is 14.3 Å². The molecule has 0 spiro atoms. The van der Waals surface area contributed by atoms with Crippen LogP contribution in [0.3, 0.4) is 0 Å². The molecule has 1 amide bonds. The Morgan fingerprint density at radius 3 is 2.44 bits per heavy atom. The number of benzene rings is 1. The van der Waals surface area contributed by atoms with Crippen LogP contribution >= 0.6 is 0 Å². The molecule has 1 aromatic carbocycles. The Kier molecular flexibility index (Phi) is 7.10. The van der Waals surface area contributed by atoms with Gasteiger partial charge in [-0.1, -0.05) is 26.7 Å². The Balaban J connectivity index is 1.67. The molecule has 1 aromatic rings. The number of methoxy groups -OCH3 is 1. The number of carbonyl (C=O) groups excluding carboxylic acids is 2.